The fourth-order valence-corrected chi connectivity index (χ4v) is 3.07. The van der Waals surface area contributed by atoms with E-state index in [1.807, 2.05) is 43.3 Å². The van der Waals surface area contributed by atoms with Crippen LogP contribution in [0.5, 0.6) is 5.75 Å². The van der Waals surface area contributed by atoms with Gasteiger partial charge in [-0.15, -0.1) is 0 Å². The van der Waals surface area contributed by atoms with Crippen molar-refractivity contribution in [2.24, 2.45) is 0 Å². The van der Waals surface area contributed by atoms with Crippen LogP contribution in [-0.2, 0) is 4.79 Å². The van der Waals surface area contributed by atoms with Gasteiger partial charge in [0.25, 0.3) is 0 Å². The molecule has 0 heterocycles. The molecule has 0 aliphatic rings. The summed E-state index contributed by atoms with van der Waals surface area (Å²) >= 11 is 0. The maximum Gasteiger partial charge on any atom is 0.241 e. The number of aryl methyl sites for hydroxylation is 1. The summed E-state index contributed by atoms with van der Waals surface area (Å²) in [6.07, 6.45) is 0. The van der Waals surface area contributed by atoms with Gasteiger partial charge in [0.05, 0.1) is 19.2 Å². The lowest BCUT2D eigenvalue weighted by atomic mass is 9.97. The van der Waals surface area contributed by atoms with Crippen molar-refractivity contribution in [1.82, 2.24) is 5.32 Å². The van der Waals surface area contributed by atoms with Gasteiger partial charge >= 0.3 is 0 Å². The molecular weight excluding hydrogens is 348 g/mol. The van der Waals surface area contributed by atoms with Crippen LogP contribution in [0.1, 0.15) is 29.7 Å². The van der Waals surface area contributed by atoms with E-state index in [1.54, 1.807) is 13.2 Å². The largest absolute Gasteiger partial charge is 0.497 e. The van der Waals surface area contributed by atoms with Gasteiger partial charge in [0.2, 0.25) is 5.91 Å². The van der Waals surface area contributed by atoms with Crippen LogP contribution in [0.3, 0.4) is 0 Å². The predicted molar refractivity (Wildman–Crippen MR) is 114 cm³/mol. The molecule has 1 amide bonds. The van der Waals surface area contributed by atoms with E-state index in [1.165, 1.54) is 5.56 Å². The number of methoxy groups -OCH3 is 1. The molecule has 2 atom stereocenters. The first kappa shape index (κ1) is 19.6. The molecule has 0 spiro atoms. The number of carbonyl (C=O) groups is 1. The Morgan fingerprint density at radius 3 is 2.25 bits per heavy atom. The molecule has 3 aromatic carbocycles. The van der Waals surface area contributed by atoms with Crippen LogP contribution in [0, 0.1) is 6.92 Å². The lowest BCUT2D eigenvalue weighted by molar-refractivity contribution is -0.117. The molecule has 0 aromatic heterocycles. The smallest absolute Gasteiger partial charge is 0.241 e. The van der Waals surface area contributed by atoms with Crippen molar-refractivity contribution in [2.45, 2.75) is 25.9 Å². The molecule has 0 bridgehead atoms. The second kappa shape index (κ2) is 9.20. The Bertz CT molecular complexity index is 907. The Kier molecular flexibility index (Phi) is 6.45. The Morgan fingerprint density at radius 1 is 0.893 bits per heavy atom. The predicted octanol–water partition coefficient (Wildman–Crippen LogP) is 4.71. The van der Waals surface area contributed by atoms with Crippen molar-refractivity contribution < 1.29 is 9.53 Å². The number of carbonyl (C=O) groups excluding carboxylic acids is 1. The number of anilines is 1. The Morgan fingerprint density at radius 2 is 1.57 bits per heavy atom. The fourth-order valence-electron chi connectivity index (χ4n) is 3.07. The topological polar surface area (TPSA) is 50.4 Å². The molecule has 0 saturated carbocycles. The molecule has 4 heteroatoms. The molecule has 4 nitrogen and oxygen atoms in total. The summed E-state index contributed by atoms with van der Waals surface area (Å²) in [4.78, 5) is 12.7. The SMILES string of the molecule is COc1cccc(NC(=O)[C@@H](C)N[C@@H](c2ccccc2)c2ccc(C)cc2)c1. The third-order valence-electron chi connectivity index (χ3n) is 4.69. The van der Waals surface area contributed by atoms with Crippen molar-refractivity contribution in [3.05, 3.63) is 95.6 Å². The average molecular weight is 374 g/mol. The summed E-state index contributed by atoms with van der Waals surface area (Å²) in [6.45, 7) is 3.94. The number of hydrogen-bond acceptors (Lipinski definition) is 3. The third kappa shape index (κ3) is 4.99. The van der Waals surface area contributed by atoms with Crippen LogP contribution >= 0.6 is 0 Å². The quantitative estimate of drug-likeness (QED) is 0.630. The van der Waals surface area contributed by atoms with Crippen LogP contribution in [-0.4, -0.2) is 19.1 Å². The van der Waals surface area contributed by atoms with E-state index >= 15 is 0 Å². The van der Waals surface area contributed by atoms with E-state index < -0.39 is 6.04 Å². The first-order valence-electron chi connectivity index (χ1n) is 9.39. The highest BCUT2D eigenvalue weighted by Crippen LogP contribution is 2.23. The number of ether oxygens (including phenoxy) is 1. The monoisotopic (exact) mass is 374 g/mol. The highest BCUT2D eigenvalue weighted by Gasteiger charge is 2.21. The van der Waals surface area contributed by atoms with Gasteiger partial charge in [-0.25, -0.2) is 0 Å². The highest BCUT2D eigenvalue weighted by molar-refractivity contribution is 5.94. The summed E-state index contributed by atoms with van der Waals surface area (Å²) in [7, 11) is 1.61. The van der Waals surface area contributed by atoms with Crippen LogP contribution in [0.15, 0.2) is 78.9 Å². The number of nitrogens with one attached hydrogen (secondary N) is 2. The standard InChI is InChI=1S/C24H26N2O2/c1-17-12-14-20(15-13-17)23(19-8-5-4-6-9-19)25-18(2)24(27)26-21-10-7-11-22(16-21)28-3/h4-16,18,23,25H,1-3H3,(H,26,27)/t18-,23+/m1/s1. The molecule has 2 N–H and O–H groups in total. The van der Waals surface area contributed by atoms with Crippen LogP contribution in [0.25, 0.3) is 0 Å². The zero-order valence-corrected chi connectivity index (χ0v) is 16.5. The van der Waals surface area contributed by atoms with Crippen molar-refractivity contribution in [2.75, 3.05) is 12.4 Å². The summed E-state index contributed by atoms with van der Waals surface area (Å²) in [5.41, 5.74) is 4.16. The molecule has 0 radical (unpaired) electrons. The van der Waals surface area contributed by atoms with Gasteiger partial charge < -0.3 is 10.1 Å². The van der Waals surface area contributed by atoms with Crippen molar-refractivity contribution in [3.8, 4) is 5.75 Å². The summed E-state index contributed by atoms with van der Waals surface area (Å²) in [5.74, 6) is 0.613. The van der Waals surface area contributed by atoms with E-state index in [-0.39, 0.29) is 11.9 Å². The Labute approximate surface area is 166 Å². The minimum absolute atomic E-state index is 0.0761. The van der Waals surface area contributed by atoms with E-state index in [9.17, 15) is 4.79 Å². The van der Waals surface area contributed by atoms with Crippen LogP contribution < -0.4 is 15.4 Å². The molecule has 0 fully saturated rings. The second-order valence-corrected chi connectivity index (χ2v) is 6.86. The molecule has 28 heavy (non-hydrogen) atoms. The average Bonchev–Trinajstić information content (AvgIpc) is 2.73. The first-order chi connectivity index (χ1) is 13.6. The molecule has 144 valence electrons. The molecule has 0 aliphatic heterocycles. The fraction of sp³-hybridized carbons (Fsp3) is 0.208. The van der Waals surface area contributed by atoms with Crippen molar-refractivity contribution >= 4 is 11.6 Å². The molecule has 0 saturated heterocycles. The van der Waals surface area contributed by atoms with Gasteiger partial charge in [-0.1, -0.05) is 66.2 Å². The zero-order valence-electron chi connectivity index (χ0n) is 16.5. The minimum Gasteiger partial charge on any atom is -0.497 e. The number of hydrogen-bond donors (Lipinski definition) is 2. The Balaban J connectivity index is 1.77. The summed E-state index contributed by atoms with van der Waals surface area (Å²) < 4.78 is 5.22. The first-order valence-corrected chi connectivity index (χ1v) is 9.39. The van der Waals surface area contributed by atoms with Gasteiger partial charge in [-0.3, -0.25) is 10.1 Å². The van der Waals surface area contributed by atoms with E-state index in [0.717, 1.165) is 11.1 Å². The Hall–Kier alpha value is -3.11. The highest BCUT2D eigenvalue weighted by atomic mass is 16.5. The van der Waals surface area contributed by atoms with Crippen molar-refractivity contribution in [3.63, 3.8) is 0 Å². The van der Waals surface area contributed by atoms with Crippen LogP contribution in [0.4, 0.5) is 5.69 Å². The number of rotatable bonds is 7. The van der Waals surface area contributed by atoms with Gasteiger partial charge in [-0.05, 0) is 37.1 Å². The lowest BCUT2D eigenvalue weighted by Gasteiger charge is -2.24. The molecule has 3 rings (SSSR count). The maximum absolute atomic E-state index is 12.7. The van der Waals surface area contributed by atoms with Gasteiger partial charge in [-0.2, -0.15) is 0 Å². The van der Waals surface area contributed by atoms with E-state index in [2.05, 4.69) is 54.0 Å². The lowest BCUT2D eigenvalue weighted by Crippen LogP contribution is -2.40. The maximum atomic E-state index is 12.7. The molecular formula is C24H26N2O2. The van der Waals surface area contributed by atoms with Gasteiger partial charge in [0.15, 0.2) is 0 Å². The zero-order chi connectivity index (χ0) is 19.9. The van der Waals surface area contributed by atoms with E-state index in [0.29, 0.717) is 11.4 Å². The molecule has 0 aliphatic carbocycles. The van der Waals surface area contributed by atoms with Gasteiger partial charge in [0.1, 0.15) is 5.75 Å². The normalized spacial score (nSPS) is 12.8. The van der Waals surface area contributed by atoms with Crippen LogP contribution in [0.2, 0.25) is 0 Å². The van der Waals surface area contributed by atoms with Crippen molar-refractivity contribution in [1.29, 1.82) is 0 Å². The number of amides is 1. The third-order valence-corrected chi connectivity index (χ3v) is 4.69. The summed E-state index contributed by atoms with van der Waals surface area (Å²) in [6, 6.07) is 25.4. The molecule has 0 unspecified atom stereocenters. The van der Waals surface area contributed by atoms with E-state index in [4.69, 9.17) is 4.74 Å². The summed E-state index contributed by atoms with van der Waals surface area (Å²) in [5, 5.41) is 6.43. The minimum atomic E-state index is -0.391. The number of benzene rings is 3. The second-order valence-electron chi connectivity index (χ2n) is 6.86. The molecule has 3 aromatic rings. The van der Waals surface area contributed by atoms with Gasteiger partial charge in [0, 0.05) is 11.8 Å².